The van der Waals surface area contributed by atoms with Crippen molar-refractivity contribution in [3.05, 3.63) is 30.1 Å². The maximum atomic E-state index is 13.1. The molecule has 2 unspecified atom stereocenters. The molecule has 1 spiro atoms. The number of carbonyl (C=O) groups excluding carboxylic acids is 1. The third-order valence-electron chi connectivity index (χ3n) is 4.79. The van der Waals surface area contributed by atoms with Crippen LogP contribution in [0.2, 0.25) is 0 Å². The molecule has 2 fully saturated rings. The van der Waals surface area contributed by atoms with Crippen LogP contribution in [0.3, 0.4) is 0 Å². The van der Waals surface area contributed by atoms with Gasteiger partial charge in [0.25, 0.3) is 0 Å². The fourth-order valence-electron chi connectivity index (χ4n) is 3.36. The number of amides is 1. The number of ether oxygens (including phenoxy) is 1. The second kappa shape index (κ2) is 6.24. The average molecular weight is 306 g/mol. The Hall–Kier alpha value is -1.62. The van der Waals surface area contributed by atoms with E-state index < -0.39 is 0 Å². The largest absolute Gasteiger partial charge is 0.491 e. The van der Waals surface area contributed by atoms with E-state index in [0.29, 0.717) is 12.4 Å². The number of hydrogen-bond acceptors (Lipinski definition) is 3. The monoisotopic (exact) mass is 306 g/mol. The topological polar surface area (TPSA) is 50.4 Å². The Balaban J connectivity index is 1.44. The van der Waals surface area contributed by atoms with Gasteiger partial charge in [-0.2, -0.15) is 0 Å². The van der Waals surface area contributed by atoms with Crippen molar-refractivity contribution in [2.24, 2.45) is 11.3 Å². The highest BCUT2D eigenvalue weighted by Crippen LogP contribution is 2.58. The predicted octanol–water partition coefficient (Wildman–Crippen LogP) is 2.10. The lowest BCUT2D eigenvalue weighted by Crippen LogP contribution is -2.40. The lowest BCUT2D eigenvalue weighted by Gasteiger charge is -2.23. The van der Waals surface area contributed by atoms with Crippen molar-refractivity contribution >= 4 is 5.91 Å². The molecule has 1 aliphatic carbocycles. The molecule has 1 aliphatic heterocycles. The van der Waals surface area contributed by atoms with Crippen molar-refractivity contribution in [1.82, 2.24) is 10.6 Å². The zero-order valence-corrected chi connectivity index (χ0v) is 12.9. The second-order valence-electron chi connectivity index (χ2n) is 6.55. The zero-order chi connectivity index (χ0) is 15.6. The number of piperidine rings is 1. The highest BCUT2D eigenvalue weighted by Gasteiger charge is 2.57. The van der Waals surface area contributed by atoms with Crippen LogP contribution in [0.4, 0.5) is 4.39 Å². The first-order chi connectivity index (χ1) is 10.6. The van der Waals surface area contributed by atoms with E-state index in [1.807, 2.05) is 6.92 Å². The van der Waals surface area contributed by atoms with Crippen LogP contribution >= 0.6 is 0 Å². The summed E-state index contributed by atoms with van der Waals surface area (Å²) in [7, 11) is 0. The smallest absolute Gasteiger partial charge is 0.224 e. The molecule has 2 atom stereocenters. The Kier molecular flexibility index (Phi) is 4.34. The number of halogens is 1. The number of hydrogen-bond donors (Lipinski definition) is 2. The first-order valence-electron chi connectivity index (χ1n) is 7.98. The maximum absolute atomic E-state index is 13.1. The van der Waals surface area contributed by atoms with Gasteiger partial charge in [0.05, 0.1) is 6.04 Å². The summed E-state index contributed by atoms with van der Waals surface area (Å²) >= 11 is 0. The van der Waals surface area contributed by atoms with Crippen molar-refractivity contribution in [2.75, 3.05) is 19.7 Å². The Morgan fingerprint density at radius 2 is 2.27 bits per heavy atom. The standard InChI is InChI=1S/C17H23FN2O2/c1-12(11-22-14-4-2-3-13(18)9-14)20-16(21)15-10-17(15)5-7-19-8-6-17/h2-4,9,12,15,19H,5-8,10-11H2,1H3,(H,20,21). The number of carbonyl (C=O) groups is 1. The van der Waals surface area contributed by atoms with Crippen LogP contribution in [0.25, 0.3) is 0 Å². The van der Waals surface area contributed by atoms with E-state index in [0.717, 1.165) is 32.4 Å². The van der Waals surface area contributed by atoms with Crippen LogP contribution in [0.15, 0.2) is 24.3 Å². The Morgan fingerprint density at radius 1 is 1.50 bits per heavy atom. The van der Waals surface area contributed by atoms with Gasteiger partial charge in [0.2, 0.25) is 5.91 Å². The Morgan fingerprint density at radius 3 is 3.00 bits per heavy atom. The molecule has 0 bridgehead atoms. The van der Waals surface area contributed by atoms with Gasteiger partial charge in [-0.05, 0) is 56.8 Å². The summed E-state index contributed by atoms with van der Waals surface area (Å²) in [6.07, 6.45) is 3.20. The molecule has 2 aliphatic rings. The van der Waals surface area contributed by atoms with E-state index in [9.17, 15) is 9.18 Å². The number of nitrogens with one attached hydrogen (secondary N) is 2. The molecular formula is C17H23FN2O2. The SMILES string of the molecule is CC(COc1cccc(F)c1)NC(=O)C1CC12CCNCC2. The molecule has 4 nitrogen and oxygen atoms in total. The van der Waals surface area contributed by atoms with E-state index >= 15 is 0 Å². The minimum absolute atomic E-state index is 0.0878. The molecular weight excluding hydrogens is 283 g/mol. The van der Waals surface area contributed by atoms with Crippen LogP contribution in [0.1, 0.15) is 26.2 Å². The van der Waals surface area contributed by atoms with Crippen molar-refractivity contribution < 1.29 is 13.9 Å². The highest BCUT2D eigenvalue weighted by atomic mass is 19.1. The molecule has 2 N–H and O–H groups in total. The van der Waals surface area contributed by atoms with Crippen LogP contribution < -0.4 is 15.4 Å². The van der Waals surface area contributed by atoms with Gasteiger partial charge < -0.3 is 15.4 Å². The van der Waals surface area contributed by atoms with Gasteiger partial charge in [0.1, 0.15) is 18.2 Å². The third kappa shape index (κ3) is 3.40. The highest BCUT2D eigenvalue weighted by molar-refractivity contribution is 5.82. The molecule has 5 heteroatoms. The van der Waals surface area contributed by atoms with Crippen molar-refractivity contribution in [1.29, 1.82) is 0 Å². The van der Waals surface area contributed by atoms with Crippen LogP contribution in [0, 0.1) is 17.2 Å². The summed E-state index contributed by atoms with van der Waals surface area (Å²) < 4.78 is 18.6. The normalized spacial score (nSPS) is 23.8. The lowest BCUT2D eigenvalue weighted by molar-refractivity contribution is -0.124. The van der Waals surface area contributed by atoms with Crippen LogP contribution in [-0.2, 0) is 4.79 Å². The first-order valence-corrected chi connectivity index (χ1v) is 7.98. The molecule has 0 radical (unpaired) electrons. The lowest BCUT2D eigenvalue weighted by atomic mass is 9.91. The molecule has 1 aromatic carbocycles. The number of benzene rings is 1. The summed E-state index contributed by atoms with van der Waals surface area (Å²) in [5.41, 5.74) is 0.248. The maximum Gasteiger partial charge on any atom is 0.224 e. The second-order valence-corrected chi connectivity index (χ2v) is 6.55. The predicted molar refractivity (Wildman–Crippen MR) is 82.1 cm³/mol. The summed E-state index contributed by atoms with van der Waals surface area (Å²) in [6.45, 7) is 4.29. The van der Waals surface area contributed by atoms with Gasteiger partial charge in [-0.15, -0.1) is 0 Å². The van der Waals surface area contributed by atoms with Crippen molar-refractivity contribution in [2.45, 2.75) is 32.2 Å². The number of rotatable bonds is 5. The fraction of sp³-hybridized carbons (Fsp3) is 0.588. The molecule has 1 saturated heterocycles. The van der Waals surface area contributed by atoms with Gasteiger partial charge in [0.15, 0.2) is 0 Å². The summed E-state index contributed by atoms with van der Waals surface area (Å²) in [6, 6.07) is 5.96. The fourth-order valence-corrected chi connectivity index (χ4v) is 3.36. The summed E-state index contributed by atoms with van der Waals surface area (Å²) in [5, 5.41) is 6.36. The van der Waals surface area contributed by atoms with Crippen LogP contribution in [0.5, 0.6) is 5.75 Å². The molecule has 0 aromatic heterocycles. The van der Waals surface area contributed by atoms with Gasteiger partial charge in [-0.1, -0.05) is 6.07 Å². The van der Waals surface area contributed by atoms with E-state index in [1.54, 1.807) is 12.1 Å². The quantitative estimate of drug-likeness (QED) is 0.876. The average Bonchev–Trinajstić information content (AvgIpc) is 3.19. The van der Waals surface area contributed by atoms with Crippen LogP contribution in [-0.4, -0.2) is 31.6 Å². The molecule has 1 amide bonds. The summed E-state index contributed by atoms with van der Waals surface area (Å²) in [5.74, 6) is 0.464. The van der Waals surface area contributed by atoms with E-state index in [4.69, 9.17) is 4.74 Å². The Labute approximate surface area is 130 Å². The van der Waals surface area contributed by atoms with Gasteiger partial charge >= 0.3 is 0 Å². The molecule has 1 heterocycles. The summed E-state index contributed by atoms with van der Waals surface area (Å²) in [4.78, 5) is 12.3. The van der Waals surface area contributed by atoms with E-state index in [-0.39, 0.29) is 29.1 Å². The van der Waals surface area contributed by atoms with E-state index in [1.165, 1.54) is 12.1 Å². The molecule has 22 heavy (non-hydrogen) atoms. The van der Waals surface area contributed by atoms with Crippen molar-refractivity contribution in [3.63, 3.8) is 0 Å². The van der Waals surface area contributed by atoms with Gasteiger partial charge in [-0.3, -0.25) is 4.79 Å². The minimum atomic E-state index is -0.319. The molecule has 3 rings (SSSR count). The molecule has 1 aromatic rings. The minimum Gasteiger partial charge on any atom is -0.491 e. The first kappa shape index (κ1) is 15.3. The van der Waals surface area contributed by atoms with Gasteiger partial charge in [0, 0.05) is 12.0 Å². The molecule has 120 valence electrons. The van der Waals surface area contributed by atoms with E-state index in [2.05, 4.69) is 10.6 Å². The third-order valence-corrected chi connectivity index (χ3v) is 4.79. The molecule has 1 saturated carbocycles. The van der Waals surface area contributed by atoms with Crippen molar-refractivity contribution in [3.8, 4) is 5.75 Å². The Bertz CT molecular complexity index is 543. The van der Waals surface area contributed by atoms with Gasteiger partial charge in [-0.25, -0.2) is 4.39 Å². The zero-order valence-electron chi connectivity index (χ0n) is 12.9.